The number of allylic oxidation sites excluding steroid dienone is 1. The van der Waals surface area contributed by atoms with E-state index < -0.39 is 37.8 Å². The maximum atomic E-state index is 9.86. The van der Waals surface area contributed by atoms with Crippen molar-refractivity contribution in [3.05, 3.63) is 11.6 Å². The standard InChI is InChI=1S/C5H12O4.C5H8O2/c6-1-5(2-7,3-8)4-9;1-3-4(2)5(6)7/h6-9H,1-4H2;3H,1-2H3,(H,6,7). The molecule has 0 amide bonds. The molecule has 96 valence electrons. The van der Waals surface area contributed by atoms with Crippen LogP contribution in [0.3, 0.4) is 0 Å². The Morgan fingerprint density at radius 2 is 1.38 bits per heavy atom. The number of hydrogen-bond donors (Lipinski definition) is 5. The number of hydrogen-bond acceptors (Lipinski definition) is 5. The van der Waals surface area contributed by atoms with Gasteiger partial charge in [0.2, 0.25) is 0 Å². The monoisotopic (exact) mass is 236 g/mol. The van der Waals surface area contributed by atoms with Gasteiger partial charge in [-0.25, -0.2) is 4.79 Å². The Bertz CT molecular complexity index is 202. The third-order valence-corrected chi connectivity index (χ3v) is 2.11. The van der Waals surface area contributed by atoms with E-state index in [4.69, 9.17) is 25.5 Å². The second-order valence-corrected chi connectivity index (χ2v) is 3.41. The summed E-state index contributed by atoms with van der Waals surface area (Å²) in [6.07, 6.45) is 1.56. The smallest absolute Gasteiger partial charge is 0.330 e. The van der Waals surface area contributed by atoms with E-state index in [1.807, 2.05) is 0 Å². The van der Waals surface area contributed by atoms with E-state index in [-0.39, 0.29) is 0 Å². The number of carbonyl (C=O) groups is 1. The molecule has 0 bridgehead atoms. The first-order valence-corrected chi connectivity index (χ1v) is 4.72. The number of aliphatic hydroxyl groups excluding tert-OH is 4. The lowest BCUT2D eigenvalue weighted by atomic mass is 9.93. The van der Waals surface area contributed by atoms with Gasteiger partial charge in [0.15, 0.2) is 0 Å². The SMILES string of the molecule is CC=C(C)C(=O)O.OCC(CO)(CO)CO. The summed E-state index contributed by atoms with van der Waals surface area (Å²) in [5.41, 5.74) is -0.722. The molecule has 5 N–H and O–H groups in total. The Labute approximate surface area is 94.5 Å². The van der Waals surface area contributed by atoms with Crippen LogP contribution in [0.4, 0.5) is 0 Å². The van der Waals surface area contributed by atoms with Gasteiger partial charge < -0.3 is 25.5 Å². The van der Waals surface area contributed by atoms with E-state index in [1.165, 1.54) is 0 Å². The molecule has 0 saturated carbocycles. The Morgan fingerprint density at radius 3 is 1.38 bits per heavy atom. The van der Waals surface area contributed by atoms with Crippen molar-refractivity contribution in [2.24, 2.45) is 5.41 Å². The van der Waals surface area contributed by atoms with Crippen molar-refractivity contribution < 1.29 is 30.3 Å². The molecule has 0 heterocycles. The Hall–Kier alpha value is -0.950. The van der Waals surface area contributed by atoms with E-state index >= 15 is 0 Å². The van der Waals surface area contributed by atoms with Crippen molar-refractivity contribution >= 4 is 5.97 Å². The molecule has 0 unspecified atom stereocenters. The lowest BCUT2D eigenvalue weighted by molar-refractivity contribution is -0.132. The minimum absolute atomic E-state index is 0.389. The molecular formula is C10H20O6. The number of rotatable bonds is 5. The minimum Gasteiger partial charge on any atom is -0.478 e. The molecule has 0 aliphatic carbocycles. The average molecular weight is 236 g/mol. The number of aliphatic hydroxyl groups is 4. The van der Waals surface area contributed by atoms with Crippen LogP contribution in [-0.4, -0.2) is 57.9 Å². The van der Waals surface area contributed by atoms with E-state index in [1.54, 1.807) is 19.9 Å². The summed E-state index contributed by atoms with van der Waals surface area (Å²) in [7, 11) is 0. The highest BCUT2D eigenvalue weighted by Gasteiger charge is 2.26. The van der Waals surface area contributed by atoms with Crippen LogP contribution in [0, 0.1) is 5.41 Å². The van der Waals surface area contributed by atoms with Crippen molar-refractivity contribution in [2.45, 2.75) is 13.8 Å². The van der Waals surface area contributed by atoms with Crippen LogP contribution in [-0.2, 0) is 4.79 Å². The second-order valence-electron chi connectivity index (χ2n) is 3.41. The quantitative estimate of drug-likeness (QED) is 0.390. The maximum Gasteiger partial charge on any atom is 0.330 e. The van der Waals surface area contributed by atoms with Gasteiger partial charge in [-0.1, -0.05) is 6.08 Å². The molecule has 0 atom stereocenters. The molecule has 0 spiro atoms. The normalized spacial score (nSPS) is 11.8. The number of carboxylic acids is 1. The molecule has 0 saturated heterocycles. The highest BCUT2D eigenvalue weighted by molar-refractivity contribution is 5.85. The summed E-state index contributed by atoms with van der Waals surface area (Å²) in [6.45, 7) is 1.63. The molecule has 0 fully saturated rings. The highest BCUT2D eigenvalue weighted by atomic mass is 16.4. The molecule has 6 heteroatoms. The van der Waals surface area contributed by atoms with Gasteiger partial charge in [0, 0.05) is 5.57 Å². The number of carboxylic acid groups (broad SMARTS) is 1. The predicted molar refractivity (Wildman–Crippen MR) is 57.8 cm³/mol. The number of aliphatic carboxylic acids is 1. The van der Waals surface area contributed by atoms with Crippen LogP contribution in [0.25, 0.3) is 0 Å². The largest absolute Gasteiger partial charge is 0.478 e. The molecule has 0 rings (SSSR count). The molecule has 0 aromatic heterocycles. The van der Waals surface area contributed by atoms with Crippen molar-refractivity contribution in [1.82, 2.24) is 0 Å². The first-order valence-electron chi connectivity index (χ1n) is 4.72. The summed E-state index contributed by atoms with van der Waals surface area (Å²) >= 11 is 0. The van der Waals surface area contributed by atoms with Crippen molar-refractivity contribution in [1.29, 1.82) is 0 Å². The van der Waals surface area contributed by atoms with Gasteiger partial charge in [0.25, 0.3) is 0 Å². The van der Waals surface area contributed by atoms with Crippen molar-refractivity contribution in [3.63, 3.8) is 0 Å². The maximum absolute atomic E-state index is 9.86. The van der Waals surface area contributed by atoms with E-state index in [0.29, 0.717) is 5.57 Å². The van der Waals surface area contributed by atoms with Crippen molar-refractivity contribution in [3.8, 4) is 0 Å². The summed E-state index contributed by atoms with van der Waals surface area (Å²) in [6, 6.07) is 0. The second kappa shape index (κ2) is 9.29. The van der Waals surface area contributed by atoms with Crippen molar-refractivity contribution in [2.75, 3.05) is 26.4 Å². The first kappa shape index (κ1) is 17.4. The fourth-order valence-electron chi connectivity index (χ4n) is 0.423. The fourth-order valence-corrected chi connectivity index (χ4v) is 0.423. The van der Waals surface area contributed by atoms with E-state index in [9.17, 15) is 4.79 Å². The van der Waals surface area contributed by atoms with Crippen LogP contribution >= 0.6 is 0 Å². The van der Waals surface area contributed by atoms with Gasteiger partial charge in [-0.2, -0.15) is 0 Å². The van der Waals surface area contributed by atoms with E-state index in [2.05, 4.69) is 0 Å². The van der Waals surface area contributed by atoms with Crippen LogP contribution in [0.1, 0.15) is 13.8 Å². The third-order valence-electron chi connectivity index (χ3n) is 2.11. The summed E-state index contributed by atoms with van der Waals surface area (Å²) < 4.78 is 0. The molecule has 0 aromatic rings. The summed E-state index contributed by atoms with van der Waals surface area (Å²) in [5.74, 6) is -0.845. The lowest BCUT2D eigenvalue weighted by Crippen LogP contribution is -2.37. The van der Waals surface area contributed by atoms with Gasteiger partial charge >= 0.3 is 5.97 Å². The molecule has 0 radical (unpaired) electrons. The molecule has 6 nitrogen and oxygen atoms in total. The lowest BCUT2D eigenvalue weighted by Gasteiger charge is -2.23. The van der Waals surface area contributed by atoms with Crippen LogP contribution in [0.5, 0.6) is 0 Å². The molecule has 16 heavy (non-hydrogen) atoms. The minimum atomic E-state index is -1.11. The topological polar surface area (TPSA) is 118 Å². The van der Waals surface area contributed by atoms with Gasteiger partial charge in [-0.3, -0.25) is 0 Å². The highest BCUT2D eigenvalue weighted by Crippen LogP contribution is 2.11. The predicted octanol–water partition coefficient (Wildman–Crippen LogP) is -1.02. The molecule has 0 aromatic carbocycles. The zero-order valence-electron chi connectivity index (χ0n) is 9.55. The zero-order chi connectivity index (χ0) is 13.2. The summed E-state index contributed by atoms with van der Waals surface area (Å²) in [5, 5.41) is 42.1. The van der Waals surface area contributed by atoms with Crippen LogP contribution in [0.2, 0.25) is 0 Å². The molecular weight excluding hydrogens is 216 g/mol. The van der Waals surface area contributed by atoms with Gasteiger partial charge in [0.1, 0.15) is 0 Å². The Kier molecular flexibility index (Phi) is 10.1. The first-order chi connectivity index (χ1) is 7.42. The average Bonchev–Trinajstić information content (AvgIpc) is 2.32. The Balaban J connectivity index is 0. The summed E-state index contributed by atoms with van der Waals surface area (Å²) in [4.78, 5) is 9.86. The van der Waals surface area contributed by atoms with Crippen LogP contribution < -0.4 is 0 Å². The van der Waals surface area contributed by atoms with E-state index in [0.717, 1.165) is 0 Å². The van der Waals surface area contributed by atoms with Gasteiger partial charge in [0.05, 0.1) is 31.8 Å². The fraction of sp³-hybridized carbons (Fsp3) is 0.700. The Morgan fingerprint density at radius 1 is 1.06 bits per heavy atom. The van der Waals surface area contributed by atoms with Gasteiger partial charge in [-0.15, -0.1) is 0 Å². The van der Waals surface area contributed by atoms with Crippen LogP contribution in [0.15, 0.2) is 11.6 Å². The molecule has 0 aliphatic rings. The van der Waals surface area contributed by atoms with Gasteiger partial charge in [-0.05, 0) is 13.8 Å². The third kappa shape index (κ3) is 6.52. The molecule has 0 aliphatic heterocycles. The zero-order valence-corrected chi connectivity index (χ0v) is 9.55.